The molecular weight excluding hydrogens is 196 g/mol. The van der Waals surface area contributed by atoms with Crippen molar-refractivity contribution in [3.63, 3.8) is 0 Å². The molecule has 0 spiro atoms. The molecule has 0 aromatic heterocycles. The summed E-state index contributed by atoms with van der Waals surface area (Å²) in [6.07, 6.45) is 5.67. The molecule has 0 N–H and O–H groups in total. The SMILES string of the molecule is CC(C)(C)C1CCN(CCCCC#N)CC1. The van der Waals surface area contributed by atoms with E-state index in [0.717, 1.165) is 18.8 Å². The fourth-order valence-electron chi connectivity index (χ4n) is 2.56. The summed E-state index contributed by atoms with van der Waals surface area (Å²) in [5.41, 5.74) is 0.479. The van der Waals surface area contributed by atoms with Gasteiger partial charge in [-0.25, -0.2) is 0 Å². The molecule has 1 aliphatic heterocycles. The second kappa shape index (κ2) is 6.25. The van der Waals surface area contributed by atoms with E-state index in [0.29, 0.717) is 5.41 Å². The summed E-state index contributed by atoms with van der Waals surface area (Å²) in [5.74, 6) is 0.892. The zero-order valence-electron chi connectivity index (χ0n) is 11.1. The molecule has 0 radical (unpaired) electrons. The zero-order valence-corrected chi connectivity index (χ0v) is 11.1. The van der Waals surface area contributed by atoms with E-state index < -0.39 is 0 Å². The number of nitriles is 1. The van der Waals surface area contributed by atoms with Gasteiger partial charge in [0.25, 0.3) is 0 Å². The van der Waals surface area contributed by atoms with E-state index in [9.17, 15) is 0 Å². The maximum Gasteiger partial charge on any atom is 0.0621 e. The van der Waals surface area contributed by atoms with Gasteiger partial charge >= 0.3 is 0 Å². The van der Waals surface area contributed by atoms with Crippen molar-refractivity contribution in [3.8, 4) is 6.07 Å². The van der Waals surface area contributed by atoms with E-state index >= 15 is 0 Å². The molecule has 0 unspecified atom stereocenters. The first-order chi connectivity index (χ1) is 7.54. The third-order valence-electron chi connectivity index (χ3n) is 3.83. The Kier molecular flexibility index (Phi) is 5.28. The van der Waals surface area contributed by atoms with Gasteiger partial charge in [0.1, 0.15) is 0 Å². The van der Waals surface area contributed by atoms with Crippen LogP contribution in [0.15, 0.2) is 0 Å². The molecule has 0 aromatic rings. The molecule has 2 nitrogen and oxygen atoms in total. The molecule has 2 heteroatoms. The van der Waals surface area contributed by atoms with Crippen molar-refractivity contribution in [3.05, 3.63) is 0 Å². The minimum atomic E-state index is 0.479. The molecule has 0 bridgehead atoms. The molecule has 1 saturated heterocycles. The summed E-state index contributed by atoms with van der Waals surface area (Å²) in [4.78, 5) is 2.57. The normalized spacial score (nSPS) is 19.6. The number of nitrogens with zero attached hydrogens (tertiary/aromatic N) is 2. The first-order valence-electron chi connectivity index (χ1n) is 6.63. The smallest absolute Gasteiger partial charge is 0.0621 e. The highest BCUT2D eigenvalue weighted by atomic mass is 15.1. The Labute approximate surface area is 101 Å². The van der Waals surface area contributed by atoms with Crippen LogP contribution < -0.4 is 0 Å². The summed E-state index contributed by atoms with van der Waals surface area (Å²) >= 11 is 0. The quantitative estimate of drug-likeness (QED) is 0.681. The average Bonchev–Trinajstić information content (AvgIpc) is 2.24. The molecule has 16 heavy (non-hydrogen) atoms. The van der Waals surface area contributed by atoms with Crippen LogP contribution in [-0.4, -0.2) is 24.5 Å². The van der Waals surface area contributed by atoms with Crippen LogP contribution in [0.4, 0.5) is 0 Å². The molecule has 1 aliphatic rings. The largest absolute Gasteiger partial charge is 0.303 e. The molecule has 0 atom stereocenters. The summed E-state index contributed by atoms with van der Waals surface area (Å²) < 4.78 is 0. The van der Waals surface area contributed by atoms with Gasteiger partial charge in [0.2, 0.25) is 0 Å². The summed E-state index contributed by atoms with van der Waals surface area (Å²) in [6.45, 7) is 10.8. The van der Waals surface area contributed by atoms with E-state index in [4.69, 9.17) is 5.26 Å². The van der Waals surface area contributed by atoms with Crippen LogP contribution in [0, 0.1) is 22.7 Å². The Morgan fingerprint density at radius 3 is 2.31 bits per heavy atom. The first kappa shape index (κ1) is 13.5. The summed E-state index contributed by atoms with van der Waals surface area (Å²) in [5, 5.41) is 8.46. The van der Waals surface area contributed by atoms with Crippen molar-refractivity contribution in [1.29, 1.82) is 5.26 Å². The van der Waals surface area contributed by atoms with E-state index in [1.807, 2.05) is 0 Å². The molecular formula is C14H26N2. The average molecular weight is 222 g/mol. The van der Waals surface area contributed by atoms with Crippen LogP contribution in [0.3, 0.4) is 0 Å². The highest BCUT2D eigenvalue weighted by Crippen LogP contribution is 2.34. The second-order valence-electron chi connectivity index (χ2n) is 6.10. The maximum atomic E-state index is 8.46. The van der Waals surface area contributed by atoms with Crippen LogP contribution in [0.1, 0.15) is 52.9 Å². The highest BCUT2D eigenvalue weighted by molar-refractivity contribution is 4.80. The second-order valence-corrected chi connectivity index (χ2v) is 6.10. The van der Waals surface area contributed by atoms with Crippen molar-refractivity contribution in [1.82, 2.24) is 4.90 Å². The van der Waals surface area contributed by atoms with E-state index in [1.54, 1.807) is 0 Å². The predicted octanol–water partition coefficient (Wildman–Crippen LogP) is 3.44. The molecule has 1 heterocycles. The summed E-state index contributed by atoms with van der Waals surface area (Å²) in [7, 11) is 0. The number of unbranched alkanes of at least 4 members (excludes halogenated alkanes) is 2. The lowest BCUT2D eigenvalue weighted by atomic mass is 9.75. The minimum absolute atomic E-state index is 0.479. The van der Waals surface area contributed by atoms with E-state index in [1.165, 1.54) is 38.9 Å². The van der Waals surface area contributed by atoms with Gasteiger partial charge in [-0.3, -0.25) is 0 Å². The Bertz CT molecular complexity index is 226. The van der Waals surface area contributed by atoms with Crippen molar-refractivity contribution >= 4 is 0 Å². The lowest BCUT2D eigenvalue weighted by Gasteiger charge is -2.38. The van der Waals surface area contributed by atoms with Gasteiger partial charge in [0, 0.05) is 6.42 Å². The van der Waals surface area contributed by atoms with Crippen LogP contribution in [-0.2, 0) is 0 Å². The van der Waals surface area contributed by atoms with Crippen molar-refractivity contribution < 1.29 is 0 Å². The van der Waals surface area contributed by atoms with Crippen LogP contribution in [0.25, 0.3) is 0 Å². The number of hydrogen-bond donors (Lipinski definition) is 0. The third kappa shape index (κ3) is 4.53. The predicted molar refractivity (Wildman–Crippen MR) is 68.1 cm³/mol. The lowest BCUT2D eigenvalue weighted by Crippen LogP contribution is -2.38. The number of rotatable bonds is 4. The van der Waals surface area contributed by atoms with Crippen molar-refractivity contribution in [2.45, 2.75) is 52.9 Å². The molecule has 0 aliphatic carbocycles. The van der Waals surface area contributed by atoms with Crippen molar-refractivity contribution in [2.24, 2.45) is 11.3 Å². The third-order valence-corrected chi connectivity index (χ3v) is 3.83. The topological polar surface area (TPSA) is 27.0 Å². The van der Waals surface area contributed by atoms with Crippen molar-refractivity contribution in [2.75, 3.05) is 19.6 Å². The number of hydrogen-bond acceptors (Lipinski definition) is 2. The first-order valence-corrected chi connectivity index (χ1v) is 6.63. The molecule has 92 valence electrons. The number of piperidine rings is 1. The molecule has 1 fully saturated rings. The summed E-state index contributed by atoms with van der Waals surface area (Å²) in [6, 6.07) is 2.21. The monoisotopic (exact) mass is 222 g/mol. The van der Waals surface area contributed by atoms with Crippen LogP contribution in [0.2, 0.25) is 0 Å². The standard InChI is InChI=1S/C14H26N2/c1-14(2,3)13-7-11-16(12-8-13)10-6-4-5-9-15/h13H,4-8,10-12H2,1-3H3. The Hall–Kier alpha value is -0.550. The molecule has 0 saturated carbocycles. The molecule has 0 amide bonds. The van der Waals surface area contributed by atoms with Gasteiger partial charge in [0.15, 0.2) is 0 Å². The van der Waals surface area contributed by atoms with Gasteiger partial charge in [-0.1, -0.05) is 20.8 Å². The lowest BCUT2D eigenvalue weighted by molar-refractivity contribution is 0.111. The Morgan fingerprint density at radius 2 is 1.81 bits per heavy atom. The van der Waals surface area contributed by atoms with Gasteiger partial charge in [0.05, 0.1) is 6.07 Å². The highest BCUT2D eigenvalue weighted by Gasteiger charge is 2.28. The van der Waals surface area contributed by atoms with Crippen LogP contribution >= 0.6 is 0 Å². The van der Waals surface area contributed by atoms with E-state index in [2.05, 4.69) is 31.7 Å². The fraction of sp³-hybridized carbons (Fsp3) is 0.929. The van der Waals surface area contributed by atoms with Gasteiger partial charge in [-0.05, 0) is 56.7 Å². The van der Waals surface area contributed by atoms with Gasteiger partial charge in [-0.15, -0.1) is 0 Å². The number of likely N-dealkylation sites (tertiary alicyclic amines) is 1. The molecule has 1 rings (SSSR count). The van der Waals surface area contributed by atoms with Gasteiger partial charge in [-0.2, -0.15) is 5.26 Å². The van der Waals surface area contributed by atoms with Crippen LogP contribution in [0.5, 0.6) is 0 Å². The fourth-order valence-corrected chi connectivity index (χ4v) is 2.56. The molecule has 0 aromatic carbocycles. The van der Waals surface area contributed by atoms with Gasteiger partial charge < -0.3 is 4.90 Å². The zero-order chi connectivity index (χ0) is 12.0. The maximum absolute atomic E-state index is 8.46. The minimum Gasteiger partial charge on any atom is -0.303 e. The van der Waals surface area contributed by atoms with E-state index in [-0.39, 0.29) is 0 Å². The Morgan fingerprint density at radius 1 is 1.19 bits per heavy atom. The Balaban J connectivity index is 2.15.